The molecule has 0 aliphatic heterocycles. The SMILES string of the molecule is CCC(CC)(CNC(=O)c1ccc(Cn2ccnc2)cc1)C(=O)O. The van der Waals surface area contributed by atoms with Crippen LogP contribution in [0.5, 0.6) is 0 Å². The van der Waals surface area contributed by atoms with Crippen LogP contribution in [0.25, 0.3) is 0 Å². The van der Waals surface area contributed by atoms with Crippen LogP contribution in [0.1, 0.15) is 42.6 Å². The van der Waals surface area contributed by atoms with Gasteiger partial charge in [-0.3, -0.25) is 9.59 Å². The van der Waals surface area contributed by atoms with Crippen LogP contribution in [0.3, 0.4) is 0 Å². The van der Waals surface area contributed by atoms with Crippen molar-refractivity contribution in [2.75, 3.05) is 6.54 Å². The third-order valence-corrected chi connectivity index (χ3v) is 4.54. The van der Waals surface area contributed by atoms with Crippen molar-refractivity contribution in [3.63, 3.8) is 0 Å². The topological polar surface area (TPSA) is 84.2 Å². The van der Waals surface area contributed by atoms with E-state index in [2.05, 4.69) is 10.3 Å². The molecule has 2 aromatic rings. The Labute approximate surface area is 141 Å². The molecule has 0 saturated carbocycles. The molecule has 1 aromatic heterocycles. The number of imidazole rings is 1. The second-order valence-electron chi connectivity index (χ2n) is 5.91. The molecule has 0 aliphatic carbocycles. The Bertz CT molecular complexity index is 674. The highest BCUT2D eigenvalue weighted by Gasteiger charge is 2.35. The molecular weight excluding hydrogens is 306 g/mol. The van der Waals surface area contributed by atoms with Gasteiger partial charge in [0.05, 0.1) is 11.7 Å². The number of carbonyl (C=O) groups is 2. The number of aromatic nitrogens is 2. The van der Waals surface area contributed by atoms with E-state index in [-0.39, 0.29) is 12.5 Å². The number of nitrogens with zero attached hydrogens (tertiary/aromatic N) is 2. The first kappa shape index (κ1) is 17.7. The first-order chi connectivity index (χ1) is 11.5. The highest BCUT2D eigenvalue weighted by Crippen LogP contribution is 2.25. The molecule has 0 radical (unpaired) electrons. The van der Waals surface area contributed by atoms with Gasteiger partial charge in [-0.15, -0.1) is 0 Å². The molecule has 6 nitrogen and oxygen atoms in total. The molecular formula is C18H23N3O3. The van der Waals surface area contributed by atoms with Crippen molar-refractivity contribution in [3.8, 4) is 0 Å². The number of hydrogen-bond acceptors (Lipinski definition) is 3. The van der Waals surface area contributed by atoms with Gasteiger partial charge in [-0.1, -0.05) is 26.0 Å². The summed E-state index contributed by atoms with van der Waals surface area (Å²) in [6, 6.07) is 7.28. The van der Waals surface area contributed by atoms with Crippen LogP contribution in [0.4, 0.5) is 0 Å². The number of carboxylic acid groups (broad SMARTS) is 1. The lowest BCUT2D eigenvalue weighted by Gasteiger charge is -2.26. The van der Waals surface area contributed by atoms with Crippen molar-refractivity contribution in [3.05, 3.63) is 54.1 Å². The maximum atomic E-state index is 12.3. The first-order valence-corrected chi connectivity index (χ1v) is 8.07. The monoisotopic (exact) mass is 329 g/mol. The third-order valence-electron chi connectivity index (χ3n) is 4.54. The largest absolute Gasteiger partial charge is 0.481 e. The third kappa shape index (κ3) is 4.01. The minimum Gasteiger partial charge on any atom is -0.481 e. The lowest BCUT2D eigenvalue weighted by atomic mass is 9.82. The first-order valence-electron chi connectivity index (χ1n) is 8.07. The van der Waals surface area contributed by atoms with Crippen molar-refractivity contribution in [1.82, 2.24) is 14.9 Å². The van der Waals surface area contributed by atoms with Gasteiger partial charge in [-0.05, 0) is 30.5 Å². The highest BCUT2D eigenvalue weighted by molar-refractivity contribution is 5.94. The van der Waals surface area contributed by atoms with Crippen LogP contribution in [0.2, 0.25) is 0 Å². The average Bonchev–Trinajstić information content (AvgIpc) is 3.09. The van der Waals surface area contributed by atoms with Gasteiger partial charge in [0, 0.05) is 31.0 Å². The number of aliphatic carboxylic acids is 1. The van der Waals surface area contributed by atoms with Gasteiger partial charge in [-0.2, -0.15) is 0 Å². The zero-order valence-electron chi connectivity index (χ0n) is 14.0. The Morgan fingerprint density at radius 2 is 1.88 bits per heavy atom. The normalized spacial score (nSPS) is 11.2. The predicted octanol–water partition coefficient (Wildman–Crippen LogP) is 2.55. The number of benzene rings is 1. The van der Waals surface area contributed by atoms with E-state index in [1.165, 1.54) is 0 Å². The molecule has 0 spiro atoms. The van der Waals surface area contributed by atoms with E-state index in [9.17, 15) is 14.7 Å². The molecule has 2 rings (SSSR count). The standard InChI is InChI=1S/C18H23N3O3/c1-3-18(4-2,17(23)24)12-20-16(22)15-7-5-14(6-8-15)11-21-10-9-19-13-21/h5-10,13H,3-4,11-12H2,1-2H3,(H,20,22)(H,23,24). The minimum atomic E-state index is -0.906. The van der Waals surface area contributed by atoms with E-state index in [1.54, 1.807) is 24.7 Å². The second-order valence-corrected chi connectivity index (χ2v) is 5.91. The number of carboxylic acids is 1. The molecule has 24 heavy (non-hydrogen) atoms. The lowest BCUT2D eigenvalue weighted by molar-refractivity contribution is -0.149. The molecule has 128 valence electrons. The summed E-state index contributed by atoms with van der Waals surface area (Å²) in [5.41, 5.74) is 0.680. The van der Waals surface area contributed by atoms with Gasteiger partial charge >= 0.3 is 5.97 Å². The number of rotatable bonds is 8. The molecule has 0 unspecified atom stereocenters. The summed E-state index contributed by atoms with van der Waals surface area (Å²) in [6.45, 7) is 4.48. The Kier molecular flexibility index (Phi) is 5.73. The van der Waals surface area contributed by atoms with E-state index in [1.807, 2.05) is 36.7 Å². The molecule has 2 N–H and O–H groups in total. The van der Waals surface area contributed by atoms with Crippen LogP contribution in [-0.2, 0) is 11.3 Å². The summed E-state index contributed by atoms with van der Waals surface area (Å²) >= 11 is 0. The van der Waals surface area contributed by atoms with E-state index < -0.39 is 11.4 Å². The quantitative estimate of drug-likeness (QED) is 0.779. The molecule has 0 fully saturated rings. The van der Waals surface area contributed by atoms with E-state index >= 15 is 0 Å². The summed E-state index contributed by atoms with van der Waals surface area (Å²) < 4.78 is 1.94. The highest BCUT2D eigenvalue weighted by atomic mass is 16.4. The van der Waals surface area contributed by atoms with E-state index in [0.29, 0.717) is 24.9 Å². The average molecular weight is 329 g/mol. The number of amides is 1. The van der Waals surface area contributed by atoms with Crippen molar-refractivity contribution in [2.45, 2.75) is 33.2 Å². The fraction of sp³-hybridized carbons (Fsp3) is 0.389. The van der Waals surface area contributed by atoms with Gasteiger partial charge in [0.1, 0.15) is 0 Å². The summed E-state index contributed by atoms with van der Waals surface area (Å²) in [4.78, 5) is 27.7. The minimum absolute atomic E-state index is 0.130. The van der Waals surface area contributed by atoms with Crippen LogP contribution >= 0.6 is 0 Å². The Balaban J connectivity index is 1.98. The Morgan fingerprint density at radius 3 is 2.38 bits per heavy atom. The van der Waals surface area contributed by atoms with Gasteiger partial charge in [-0.25, -0.2) is 4.98 Å². The van der Waals surface area contributed by atoms with Gasteiger partial charge in [0.25, 0.3) is 5.91 Å². The van der Waals surface area contributed by atoms with Crippen LogP contribution < -0.4 is 5.32 Å². The maximum absolute atomic E-state index is 12.3. The molecule has 1 amide bonds. The number of nitrogens with one attached hydrogen (secondary N) is 1. The fourth-order valence-corrected chi connectivity index (χ4v) is 2.58. The Morgan fingerprint density at radius 1 is 1.21 bits per heavy atom. The van der Waals surface area contributed by atoms with Crippen LogP contribution in [0, 0.1) is 5.41 Å². The molecule has 0 bridgehead atoms. The number of carbonyl (C=O) groups excluding carboxylic acids is 1. The zero-order chi connectivity index (χ0) is 17.6. The second kappa shape index (κ2) is 7.77. The number of hydrogen-bond donors (Lipinski definition) is 2. The smallest absolute Gasteiger partial charge is 0.311 e. The lowest BCUT2D eigenvalue weighted by Crippen LogP contribution is -2.42. The van der Waals surface area contributed by atoms with Gasteiger partial charge in [0.15, 0.2) is 0 Å². The summed E-state index contributed by atoms with van der Waals surface area (Å²) in [5, 5.41) is 12.2. The van der Waals surface area contributed by atoms with Crippen molar-refractivity contribution >= 4 is 11.9 Å². The van der Waals surface area contributed by atoms with E-state index in [0.717, 1.165) is 5.56 Å². The molecule has 1 heterocycles. The molecule has 1 aromatic carbocycles. The van der Waals surface area contributed by atoms with Gasteiger partial charge in [0.2, 0.25) is 0 Å². The molecule has 0 atom stereocenters. The molecule has 0 aliphatic rings. The van der Waals surface area contributed by atoms with Crippen LogP contribution in [0.15, 0.2) is 43.0 Å². The van der Waals surface area contributed by atoms with E-state index in [4.69, 9.17) is 0 Å². The van der Waals surface area contributed by atoms with Gasteiger partial charge < -0.3 is 15.0 Å². The zero-order valence-corrected chi connectivity index (χ0v) is 14.0. The Hall–Kier alpha value is -2.63. The molecule has 0 saturated heterocycles. The van der Waals surface area contributed by atoms with Crippen LogP contribution in [-0.4, -0.2) is 33.1 Å². The molecule has 6 heteroatoms. The predicted molar refractivity (Wildman–Crippen MR) is 90.8 cm³/mol. The summed E-state index contributed by atoms with van der Waals surface area (Å²) in [5.74, 6) is -1.12. The maximum Gasteiger partial charge on any atom is 0.311 e. The fourth-order valence-electron chi connectivity index (χ4n) is 2.58. The summed E-state index contributed by atoms with van der Waals surface area (Å²) in [6.07, 6.45) is 6.28. The van der Waals surface area contributed by atoms with Crippen molar-refractivity contribution in [1.29, 1.82) is 0 Å². The van der Waals surface area contributed by atoms with Crippen molar-refractivity contribution in [2.24, 2.45) is 5.41 Å². The van der Waals surface area contributed by atoms with Crippen molar-refractivity contribution < 1.29 is 14.7 Å². The summed E-state index contributed by atoms with van der Waals surface area (Å²) in [7, 11) is 0.